The van der Waals surface area contributed by atoms with E-state index in [2.05, 4.69) is 25.5 Å². The molecule has 2 N–H and O–H groups in total. The van der Waals surface area contributed by atoms with E-state index in [-0.39, 0.29) is 11.8 Å². The van der Waals surface area contributed by atoms with Gasteiger partial charge in [-0.1, -0.05) is 0 Å². The number of hydrogen-bond donors (Lipinski definition) is 2. The molecule has 2 saturated heterocycles. The van der Waals surface area contributed by atoms with E-state index in [1.54, 1.807) is 19.4 Å². The van der Waals surface area contributed by atoms with E-state index in [1.807, 2.05) is 0 Å². The Bertz CT molecular complexity index is 480. The van der Waals surface area contributed by atoms with Crippen molar-refractivity contribution in [2.75, 3.05) is 38.1 Å². The third-order valence-electron chi connectivity index (χ3n) is 4.29. The molecule has 0 radical (unpaired) electrons. The Morgan fingerprint density at radius 2 is 2.00 bits per heavy atom. The van der Waals surface area contributed by atoms with Gasteiger partial charge in [-0.25, -0.2) is 4.98 Å². The number of hydrogen-bond acceptors (Lipinski definition) is 5. The molecule has 0 spiro atoms. The second-order valence-corrected chi connectivity index (χ2v) is 5.50. The number of nitrogens with zero attached hydrogens (tertiary/aromatic N) is 3. The van der Waals surface area contributed by atoms with Crippen LogP contribution in [0, 0.1) is 5.92 Å². The minimum absolute atomic E-state index is 0.141. The van der Waals surface area contributed by atoms with Crippen LogP contribution >= 0.6 is 0 Å². The van der Waals surface area contributed by atoms with Crippen molar-refractivity contribution in [3.05, 3.63) is 18.1 Å². The van der Waals surface area contributed by atoms with Crippen molar-refractivity contribution in [3.63, 3.8) is 0 Å². The maximum Gasteiger partial charge on any atom is 0.222 e. The fraction of sp³-hybridized carbons (Fsp3) is 0.643. The minimum Gasteiger partial charge on any atom is -0.359 e. The molecule has 0 aromatic carbocycles. The highest BCUT2D eigenvalue weighted by atomic mass is 16.1. The van der Waals surface area contributed by atoms with Gasteiger partial charge in [-0.2, -0.15) is 0 Å². The zero-order valence-corrected chi connectivity index (χ0v) is 11.8. The van der Waals surface area contributed by atoms with E-state index in [0.717, 1.165) is 50.5 Å². The fourth-order valence-electron chi connectivity index (χ4n) is 2.91. The topological polar surface area (TPSA) is 70.2 Å². The fourth-order valence-corrected chi connectivity index (χ4v) is 2.91. The van der Waals surface area contributed by atoms with Crippen LogP contribution in [0.3, 0.4) is 0 Å². The molecule has 0 bridgehead atoms. The summed E-state index contributed by atoms with van der Waals surface area (Å²) in [6.07, 6.45) is 5.31. The summed E-state index contributed by atoms with van der Waals surface area (Å²) in [4.78, 5) is 23.0. The molecule has 0 atom stereocenters. The molecule has 1 amide bonds. The lowest BCUT2D eigenvalue weighted by molar-refractivity contribution is -0.125. The van der Waals surface area contributed by atoms with E-state index in [1.165, 1.54) is 0 Å². The van der Waals surface area contributed by atoms with Crippen LogP contribution in [0.25, 0.3) is 0 Å². The van der Waals surface area contributed by atoms with Crippen LogP contribution < -0.4 is 15.5 Å². The average Bonchev–Trinajstić information content (AvgIpc) is 2.45. The van der Waals surface area contributed by atoms with Crippen LogP contribution in [0.2, 0.25) is 0 Å². The molecule has 6 heteroatoms. The summed E-state index contributed by atoms with van der Waals surface area (Å²) in [5, 5.41) is 6.02. The molecule has 1 aromatic heterocycles. The van der Waals surface area contributed by atoms with Crippen molar-refractivity contribution < 1.29 is 4.79 Å². The first-order valence-corrected chi connectivity index (χ1v) is 7.27. The zero-order chi connectivity index (χ0) is 13.9. The van der Waals surface area contributed by atoms with Gasteiger partial charge in [-0.3, -0.25) is 9.78 Å². The standard InChI is InChI=1S/C14H21N5O/c1-15-14(20)10-2-6-19(7-3-10)13-12(11-8-16-9-11)17-4-5-18-13/h4-5,10-11,16H,2-3,6-9H2,1H3,(H,15,20). The Balaban J connectivity index is 1.70. The highest BCUT2D eigenvalue weighted by molar-refractivity contribution is 5.78. The number of aromatic nitrogens is 2. The SMILES string of the molecule is CNC(=O)C1CCN(c2nccnc2C2CNC2)CC1. The van der Waals surface area contributed by atoms with Gasteiger partial charge in [0.1, 0.15) is 0 Å². The van der Waals surface area contributed by atoms with Crippen molar-refractivity contribution in [1.82, 2.24) is 20.6 Å². The van der Waals surface area contributed by atoms with Crippen molar-refractivity contribution in [2.45, 2.75) is 18.8 Å². The summed E-state index contributed by atoms with van der Waals surface area (Å²) < 4.78 is 0. The highest BCUT2D eigenvalue weighted by Crippen LogP contribution is 2.29. The third kappa shape index (κ3) is 2.47. The van der Waals surface area contributed by atoms with Crippen LogP contribution in [-0.2, 0) is 4.79 Å². The zero-order valence-electron chi connectivity index (χ0n) is 11.8. The van der Waals surface area contributed by atoms with Gasteiger partial charge in [0.05, 0.1) is 5.69 Å². The molecule has 2 fully saturated rings. The smallest absolute Gasteiger partial charge is 0.222 e. The summed E-state index contributed by atoms with van der Waals surface area (Å²) in [6, 6.07) is 0. The van der Waals surface area contributed by atoms with Crippen LogP contribution in [0.15, 0.2) is 12.4 Å². The number of piperidine rings is 1. The van der Waals surface area contributed by atoms with Gasteiger partial charge in [0.25, 0.3) is 0 Å². The second kappa shape index (κ2) is 5.75. The van der Waals surface area contributed by atoms with E-state index >= 15 is 0 Å². The van der Waals surface area contributed by atoms with Crippen molar-refractivity contribution >= 4 is 11.7 Å². The first kappa shape index (κ1) is 13.3. The van der Waals surface area contributed by atoms with Crippen LogP contribution in [-0.4, -0.2) is 49.1 Å². The molecule has 0 aliphatic carbocycles. The number of nitrogens with one attached hydrogen (secondary N) is 2. The van der Waals surface area contributed by atoms with Gasteiger partial charge in [0, 0.05) is 57.5 Å². The Hall–Kier alpha value is -1.69. The highest BCUT2D eigenvalue weighted by Gasteiger charge is 2.29. The van der Waals surface area contributed by atoms with Crippen molar-refractivity contribution in [1.29, 1.82) is 0 Å². The summed E-state index contributed by atoms with van der Waals surface area (Å²) in [7, 11) is 1.71. The average molecular weight is 275 g/mol. The Morgan fingerprint density at radius 1 is 1.30 bits per heavy atom. The molecule has 0 unspecified atom stereocenters. The van der Waals surface area contributed by atoms with Gasteiger partial charge in [0.15, 0.2) is 5.82 Å². The largest absolute Gasteiger partial charge is 0.359 e. The van der Waals surface area contributed by atoms with E-state index < -0.39 is 0 Å². The lowest BCUT2D eigenvalue weighted by atomic mass is 9.94. The maximum absolute atomic E-state index is 11.7. The van der Waals surface area contributed by atoms with Gasteiger partial charge in [-0.15, -0.1) is 0 Å². The molecular weight excluding hydrogens is 254 g/mol. The summed E-state index contributed by atoms with van der Waals surface area (Å²) in [5.41, 5.74) is 1.10. The number of rotatable bonds is 3. The number of carbonyl (C=O) groups excluding carboxylic acids is 1. The molecule has 3 heterocycles. The van der Waals surface area contributed by atoms with Gasteiger partial charge in [-0.05, 0) is 12.8 Å². The number of anilines is 1. The monoisotopic (exact) mass is 275 g/mol. The predicted molar refractivity (Wildman–Crippen MR) is 76.6 cm³/mol. The Kier molecular flexibility index (Phi) is 3.82. The van der Waals surface area contributed by atoms with Gasteiger partial charge < -0.3 is 15.5 Å². The quantitative estimate of drug-likeness (QED) is 0.820. The summed E-state index contributed by atoms with van der Waals surface area (Å²) in [6.45, 7) is 3.73. The molecular formula is C14H21N5O. The minimum atomic E-state index is 0.141. The maximum atomic E-state index is 11.7. The first-order chi connectivity index (χ1) is 9.79. The van der Waals surface area contributed by atoms with Crippen LogP contribution in [0.1, 0.15) is 24.5 Å². The molecule has 3 rings (SSSR count). The molecule has 20 heavy (non-hydrogen) atoms. The predicted octanol–water partition coefficient (Wildman–Crippen LogP) is 0.126. The Morgan fingerprint density at radius 3 is 2.60 bits per heavy atom. The van der Waals surface area contributed by atoms with E-state index in [9.17, 15) is 4.79 Å². The van der Waals surface area contributed by atoms with E-state index in [0.29, 0.717) is 5.92 Å². The summed E-state index contributed by atoms with van der Waals surface area (Å²) in [5.74, 6) is 1.79. The van der Waals surface area contributed by atoms with Crippen LogP contribution in [0.4, 0.5) is 5.82 Å². The molecule has 0 saturated carbocycles. The Labute approximate surface area is 119 Å². The molecule has 6 nitrogen and oxygen atoms in total. The first-order valence-electron chi connectivity index (χ1n) is 7.27. The molecule has 2 aliphatic heterocycles. The summed E-state index contributed by atoms with van der Waals surface area (Å²) >= 11 is 0. The van der Waals surface area contributed by atoms with Crippen molar-refractivity contribution in [2.24, 2.45) is 5.92 Å². The molecule has 108 valence electrons. The second-order valence-electron chi connectivity index (χ2n) is 5.50. The van der Waals surface area contributed by atoms with Crippen molar-refractivity contribution in [3.8, 4) is 0 Å². The lowest BCUT2D eigenvalue weighted by Gasteiger charge is -2.35. The van der Waals surface area contributed by atoms with Gasteiger partial charge in [0.2, 0.25) is 5.91 Å². The third-order valence-corrected chi connectivity index (χ3v) is 4.29. The van der Waals surface area contributed by atoms with Crippen LogP contribution in [0.5, 0.6) is 0 Å². The number of amides is 1. The van der Waals surface area contributed by atoms with Gasteiger partial charge >= 0.3 is 0 Å². The molecule has 1 aromatic rings. The normalized spacial score (nSPS) is 20.6. The lowest BCUT2D eigenvalue weighted by Crippen LogP contribution is -2.43. The molecule has 2 aliphatic rings. The number of carbonyl (C=O) groups is 1. The van der Waals surface area contributed by atoms with E-state index in [4.69, 9.17) is 0 Å².